The van der Waals surface area contributed by atoms with Crippen molar-refractivity contribution in [3.63, 3.8) is 0 Å². The largest absolute Gasteiger partial charge is 0.478 e. The van der Waals surface area contributed by atoms with Gasteiger partial charge in [-0.05, 0) is 69.4 Å². The van der Waals surface area contributed by atoms with E-state index in [9.17, 15) is 48.8 Å². The third kappa shape index (κ3) is 13.4. The predicted octanol–water partition coefficient (Wildman–Crippen LogP) is 6.25. The van der Waals surface area contributed by atoms with Crippen LogP contribution in [-0.4, -0.2) is 88.7 Å². The molecule has 0 bridgehead atoms. The molecule has 1 unspecified atom stereocenters. The number of amides is 1. The number of hydrogen-bond acceptors (Lipinski definition) is 13. The van der Waals surface area contributed by atoms with Gasteiger partial charge in [-0.25, -0.2) is 58.1 Å². The van der Waals surface area contributed by atoms with Crippen LogP contribution in [0.25, 0.3) is 11.4 Å². The molecule has 0 saturated heterocycles. The van der Waals surface area contributed by atoms with Crippen LogP contribution in [0.1, 0.15) is 49.7 Å². The molecule has 0 spiro atoms. The topological polar surface area (TPSA) is 255 Å². The second-order valence-corrected chi connectivity index (χ2v) is 18.9. The van der Waals surface area contributed by atoms with Crippen LogP contribution >= 0.6 is 0 Å². The lowest BCUT2D eigenvalue weighted by Crippen LogP contribution is -2.29. The number of nitrogens with one attached hydrogen (secondary N) is 2. The van der Waals surface area contributed by atoms with E-state index in [1.54, 1.807) is 47.7 Å². The number of alkyl carbamates (subject to hydrolysis) is 1. The van der Waals surface area contributed by atoms with E-state index in [4.69, 9.17) is 14.9 Å². The molecule has 356 valence electrons. The summed E-state index contributed by atoms with van der Waals surface area (Å²) in [5, 5.41) is 28.5. The van der Waals surface area contributed by atoms with Crippen molar-refractivity contribution in [2.24, 2.45) is 5.41 Å². The average molecular weight is 973 g/mol. The number of hydrogen-bond donors (Lipinski definition) is 4. The van der Waals surface area contributed by atoms with Crippen LogP contribution in [0.3, 0.4) is 0 Å². The molecule has 6 aromatic rings. The minimum atomic E-state index is -4.26. The van der Waals surface area contributed by atoms with Gasteiger partial charge in [0.05, 0.1) is 15.5 Å². The van der Waals surface area contributed by atoms with Crippen LogP contribution in [0.4, 0.5) is 22.4 Å². The summed E-state index contributed by atoms with van der Waals surface area (Å²) in [6.07, 6.45) is 1.76. The van der Waals surface area contributed by atoms with Crippen molar-refractivity contribution in [3.05, 3.63) is 143 Å². The first kappa shape index (κ1) is 52.3. The Morgan fingerprint density at radius 2 is 1.15 bits per heavy atom. The van der Waals surface area contributed by atoms with Gasteiger partial charge in [0.15, 0.2) is 16.2 Å². The van der Waals surface area contributed by atoms with Crippen LogP contribution < -0.4 is 10.6 Å². The van der Waals surface area contributed by atoms with Crippen molar-refractivity contribution < 1.29 is 63.7 Å². The Hall–Kier alpha value is -7.31. The van der Waals surface area contributed by atoms with Gasteiger partial charge in [0.2, 0.25) is 19.7 Å². The Labute approximate surface area is 381 Å². The SMILES string of the molecule is CNC(=O)OC(c1cc(S(=O)(=O)c2ccc(C)nc2)n(-c2cc(F)ccc2F)n1)C(C)(C)C.CNCc1cc(S(=O)(=O)c2ccc(C)nc2)n(-c2cc(F)ccc2F)n1.O=C(O)C=CC(=O)O. The minimum Gasteiger partial charge on any atom is -0.478 e. The molecule has 4 heterocycles. The Balaban J connectivity index is 0.000000256. The summed E-state index contributed by atoms with van der Waals surface area (Å²) < 4.78 is 117. The van der Waals surface area contributed by atoms with Gasteiger partial charge < -0.3 is 25.6 Å². The Morgan fingerprint density at radius 1 is 0.701 bits per heavy atom. The van der Waals surface area contributed by atoms with Crippen molar-refractivity contribution in [2.45, 2.75) is 67.1 Å². The number of ether oxygens (including phenoxy) is 1. The maximum atomic E-state index is 14.7. The molecule has 0 radical (unpaired) electrons. The molecule has 2 aromatic carbocycles. The van der Waals surface area contributed by atoms with E-state index < -0.39 is 83.2 Å². The molecule has 0 fully saturated rings. The lowest BCUT2D eigenvalue weighted by molar-refractivity contribution is -0.134. The zero-order valence-corrected chi connectivity index (χ0v) is 38.3. The fraction of sp³-hybridized carbons (Fsp3) is 0.233. The van der Waals surface area contributed by atoms with Gasteiger partial charge in [0.1, 0.15) is 40.3 Å². The molecule has 4 aromatic heterocycles. The first-order valence-electron chi connectivity index (χ1n) is 19.4. The quantitative estimate of drug-likeness (QED) is 0.0781. The van der Waals surface area contributed by atoms with Gasteiger partial charge in [-0.3, -0.25) is 9.97 Å². The van der Waals surface area contributed by atoms with Gasteiger partial charge in [-0.2, -0.15) is 10.2 Å². The van der Waals surface area contributed by atoms with Crippen LogP contribution in [0.15, 0.2) is 117 Å². The Bertz CT molecular complexity index is 3000. The molecule has 4 N–H and O–H groups in total. The number of sulfone groups is 2. The van der Waals surface area contributed by atoms with E-state index in [1.807, 2.05) is 0 Å². The summed E-state index contributed by atoms with van der Waals surface area (Å²) in [6, 6.07) is 13.8. The molecule has 6 rings (SSSR count). The zero-order chi connectivity index (χ0) is 50.0. The number of aryl methyl sites for hydroxylation is 2. The van der Waals surface area contributed by atoms with Crippen molar-refractivity contribution in [1.82, 2.24) is 40.2 Å². The molecule has 0 saturated carbocycles. The van der Waals surface area contributed by atoms with E-state index in [1.165, 1.54) is 49.8 Å². The number of carbonyl (C=O) groups excluding carboxylic acids is 1. The molecule has 0 aliphatic heterocycles. The highest BCUT2D eigenvalue weighted by Crippen LogP contribution is 2.38. The number of halogens is 4. The zero-order valence-electron chi connectivity index (χ0n) is 36.7. The highest BCUT2D eigenvalue weighted by atomic mass is 32.2. The second kappa shape index (κ2) is 21.8. The van der Waals surface area contributed by atoms with E-state index >= 15 is 0 Å². The molecule has 18 nitrogen and oxygen atoms in total. The smallest absolute Gasteiger partial charge is 0.407 e. The van der Waals surface area contributed by atoms with E-state index in [0.29, 0.717) is 29.2 Å². The average Bonchev–Trinajstić information content (AvgIpc) is 3.90. The molecule has 67 heavy (non-hydrogen) atoms. The second-order valence-electron chi connectivity index (χ2n) is 15.1. The fourth-order valence-corrected chi connectivity index (χ4v) is 8.33. The summed E-state index contributed by atoms with van der Waals surface area (Å²) >= 11 is 0. The lowest BCUT2D eigenvalue weighted by atomic mass is 9.87. The third-order valence-electron chi connectivity index (χ3n) is 8.85. The van der Waals surface area contributed by atoms with Crippen LogP contribution in [0.2, 0.25) is 0 Å². The van der Waals surface area contributed by atoms with Gasteiger partial charge in [0, 0.05) is 79.2 Å². The summed E-state index contributed by atoms with van der Waals surface area (Å²) in [5.41, 5.74) is 0.274. The highest BCUT2D eigenvalue weighted by Gasteiger charge is 2.36. The number of benzene rings is 2. The van der Waals surface area contributed by atoms with Gasteiger partial charge >= 0.3 is 18.0 Å². The lowest BCUT2D eigenvalue weighted by Gasteiger charge is -2.28. The fourth-order valence-electron chi connectivity index (χ4n) is 5.67. The maximum Gasteiger partial charge on any atom is 0.407 e. The van der Waals surface area contributed by atoms with Crippen molar-refractivity contribution in [2.75, 3.05) is 14.1 Å². The number of aliphatic carboxylic acids is 2. The monoisotopic (exact) mass is 972 g/mol. The summed E-state index contributed by atoms with van der Waals surface area (Å²) in [6.45, 7) is 8.98. The third-order valence-corrected chi connectivity index (χ3v) is 12.3. The molecule has 1 atom stereocenters. The van der Waals surface area contributed by atoms with Crippen molar-refractivity contribution >= 4 is 37.7 Å². The van der Waals surface area contributed by atoms with Crippen molar-refractivity contribution in [3.8, 4) is 11.4 Å². The number of carbonyl (C=O) groups is 3. The number of pyridine rings is 2. The standard InChI is InChI=1S/C22H24F2N4O4S.C17H16F2N4O2S.C4H4O4/c1-13-6-8-15(12-26-13)33(30,31)19-11-17(20(22(2,3)4)32-21(29)25-5)27-28(19)18-10-14(23)7-9-16(18)24;1-11-3-5-14(10-21-11)26(24,25)17-8-13(9-20-2)22-23(17)16-7-12(18)4-6-15(16)19;5-3(6)1-2-4(7)8/h6-12,20H,1-5H3,(H,25,29);3-8,10,20H,9H2,1-2H3;1-2H,(H,5,6)(H,7,8). The Kier molecular flexibility index (Phi) is 17.0. The molecular formula is C43H44F4N8O10S2. The van der Waals surface area contributed by atoms with Crippen LogP contribution in [-0.2, 0) is 40.5 Å². The van der Waals surface area contributed by atoms with E-state index in [0.717, 1.165) is 45.8 Å². The van der Waals surface area contributed by atoms with Gasteiger partial charge in [0.25, 0.3) is 0 Å². The summed E-state index contributed by atoms with van der Waals surface area (Å²) in [5.74, 6) is -5.67. The minimum absolute atomic E-state index is 0.0495. The predicted molar refractivity (Wildman–Crippen MR) is 231 cm³/mol. The summed E-state index contributed by atoms with van der Waals surface area (Å²) in [7, 11) is -5.26. The molecule has 0 aliphatic rings. The van der Waals surface area contributed by atoms with Crippen molar-refractivity contribution in [1.29, 1.82) is 0 Å². The first-order valence-corrected chi connectivity index (χ1v) is 22.4. The van der Waals surface area contributed by atoms with Gasteiger partial charge in [-0.1, -0.05) is 20.8 Å². The molecular weight excluding hydrogens is 929 g/mol. The van der Waals surface area contributed by atoms with E-state index in [-0.39, 0.29) is 32.7 Å². The number of carboxylic acids is 2. The van der Waals surface area contributed by atoms with E-state index in [2.05, 4.69) is 30.8 Å². The normalized spacial score (nSPS) is 12.0. The number of carboxylic acid groups (broad SMARTS) is 2. The number of aromatic nitrogens is 6. The van der Waals surface area contributed by atoms with Crippen LogP contribution in [0.5, 0.6) is 0 Å². The molecule has 0 aliphatic carbocycles. The maximum absolute atomic E-state index is 14.7. The number of nitrogens with zero attached hydrogens (tertiary/aromatic N) is 6. The molecule has 24 heteroatoms. The number of rotatable bonds is 12. The summed E-state index contributed by atoms with van der Waals surface area (Å²) in [4.78, 5) is 38.9. The molecule has 1 amide bonds. The Morgan fingerprint density at radius 3 is 1.54 bits per heavy atom. The first-order chi connectivity index (χ1) is 31.3. The van der Waals surface area contributed by atoms with Gasteiger partial charge in [-0.15, -0.1) is 0 Å². The van der Waals surface area contributed by atoms with Crippen LogP contribution in [0, 0.1) is 42.5 Å². The highest BCUT2D eigenvalue weighted by molar-refractivity contribution is 7.91.